The van der Waals surface area contributed by atoms with Gasteiger partial charge in [-0.15, -0.1) is 0 Å². The van der Waals surface area contributed by atoms with Gasteiger partial charge in [0.2, 0.25) is 0 Å². The molecular formula is C18H28N4O2S. The average molecular weight is 365 g/mol. The van der Waals surface area contributed by atoms with Crippen molar-refractivity contribution in [3.63, 3.8) is 0 Å². The average Bonchev–Trinajstić information content (AvgIpc) is 3.13. The van der Waals surface area contributed by atoms with Gasteiger partial charge in [-0.3, -0.25) is 5.43 Å². The van der Waals surface area contributed by atoms with Crippen LogP contribution in [-0.2, 0) is 4.74 Å². The lowest BCUT2D eigenvalue weighted by atomic mass is 10.1. The summed E-state index contributed by atoms with van der Waals surface area (Å²) in [7, 11) is 0. The summed E-state index contributed by atoms with van der Waals surface area (Å²) in [6.45, 7) is 7.33. The molecular weight excluding hydrogens is 336 g/mol. The van der Waals surface area contributed by atoms with Crippen molar-refractivity contribution in [2.24, 2.45) is 5.10 Å². The SMILES string of the molecule is CCN(CCO)c1ccc(/C=N\NC(=S)NC[C@H]2CCCO2)c(C)c1. The Morgan fingerprint density at radius 2 is 2.36 bits per heavy atom. The van der Waals surface area contributed by atoms with Crippen LogP contribution in [0.1, 0.15) is 30.9 Å². The number of aliphatic hydroxyl groups excluding tert-OH is 1. The van der Waals surface area contributed by atoms with Crippen LogP contribution in [0.15, 0.2) is 23.3 Å². The van der Waals surface area contributed by atoms with Gasteiger partial charge in [0.1, 0.15) is 0 Å². The van der Waals surface area contributed by atoms with E-state index in [1.807, 2.05) is 19.1 Å². The molecule has 1 aromatic rings. The third-order valence-electron chi connectivity index (χ3n) is 4.25. The zero-order valence-corrected chi connectivity index (χ0v) is 15.8. The minimum Gasteiger partial charge on any atom is -0.395 e. The van der Waals surface area contributed by atoms with E-state index in [4.69, 9.17) is 22.1 Å². The molecule has 0 aliphatic carbocycles. The van der Waals surface area contributed by atoms with Crippen molar-refractivity contribution >= 4 is 29.2 Å². The van der Waals surface area contributed by atoms with Crippen molar-refractivity contribution in [2.45, 2.75) is 32.8 Å². The highest BCUT2D eigenvalue weighted by Crippen LogP contribution is 2.18. The number of aryl methyl sites for hydroxylation is 1. The number of thiocarbonyl (C=S) groups is 1. The van der Waals surface area contributed by atoms with Crippen molar-refractivity contribution in [1.29, 1.82) is 0 Å². The van der Waals surface area contributed by atoms with Crippen LogP contribution in [0, 0.1) is 6.92 Å². The molecule has 0 unspecified atom stereocenters. The van der Waals surface area contributed by atoms with E-state index in [0.717, 1.165) is 42.8 Å². The van der Waals surface area contributed by atoms with E-state index < -0.39 is 0 Å². The first-order chi connectivity index (χ1) is 12.1. The number of hydrogen-bond acceptors (Lipinski definition) is 5. The predicted octanol–water partition coefficient (Wildman–Crippen LogP) is 1.79. The second-order valence-corrected chi connectivity index (χ2v) is 6.47. The highest BCUT2D eigenvalue weighted by Gasteiger charge is 2.15. The zero-order chi connectivity index (χ0) is 18.1. The summed E-state index contributed by atoms with van der Waals surface area (Å²) in [6.07, 6.45) is 4.21. The summed E-state index contributed by atoms with van der Waals surface area (Å²) in [5.74, 6) is 0. The lowest BCUT2D eigenvalue weighted by Gasteiger charge is -2.22. The molecule has 1 saturated heterocycles. The Morgan fingerprint density at radius 3 is 3.00 bits per heavy atom. The Morgan fingerprint density at radius 1 is 1.52 bits per heavy atom. The number of benzene rings is 1. The number of hydrogen-bond donors (Lipinski definition) is 3. The molecule has 1 aliphatic heterocycles. The van der Waals surface area contributed by atoms with Crippen LogP contribution in [0.3, 0.4) is 0 Å². The second kappa shape index (κ2) is 10.3. The number of nitrogens with one attached hydrogen (secondary N) is 2. The molecule has 1 atom stereocenters. The van der Waals surface area contributed by atoms with Crippen LogP contribution < -0.4 is 15.6 Å². The summed E-state index contributed by atoms with van der Waals surface area (Å²) in [5, 5.41) is 17.0. The molecule has 3 N–H and O–H groups in total. The van der Waals surface area contributed by atoms with Crippen molar-refractivity contribution in [1.82, 2.24) is 10.7 Å². The minimum absolute atomic E-state index is 0.149. The first-order valence-electron chi connectivity index (χ1n) is 8.79. The maximum atomic E-state index is 9.14. The lowest BCUT2D eigenvalue weighted by molar-refractivity contribution is 0.114. The van der Waals surface area contributed by atoms with Crippen LogP contribution in [0.25, 0.3) is 0 Å². The molecule has 0 saturated carbocycles. The van der Waals surface area contributed by atoms with E-state index in [9.17, 15) is 0 Å². The van der Waals surface area contributed by atoms with Crippen LogP contribution >= 0.6 is 12.2 Å². The number of nitrogens with zero attached hydrogens (tertiary/aromatic N) is 2. The van der Waals surface area contributed by atoms with Crippen molar-refractivity contribution in [3.05, 3.63) is 29.3 Å². The van der Waals surface area contributed by atoms with Gasteiger partial charge in [-0.1, -0.05) is 6.07 Å². The van der Waals surface area contributed by atoms with Gasteiger partial charge in [0, 0.05) is 31.9 Å². The summed E-state index contributed by atoms with van der Waals surface area (Å²) >= 11 is 5.21. The topological polar surface area (TPSA) is 69.1 Å². The first kappa shape index (κ1) is 19.6. The van der Waals surface area contributed by atoms with Crippen LogP contribution in [0.2, 0.25) is 0 Å². The Labute approximate surface area is 155 Å². The summed E-state index contributed by atoms with van der Waals surface area (Å²) in [4.78, 5) is 2.14. The van der Waals surface area contributed by atoms with Gasteiger partial charge in [-0.05, 0) is 62.2 Å². The third kappa shape index (κ3) is 6.26. The number of ether oxygens (including phenoxy) is 1. The maximum absolute atomic E-state index is 9.14. The fraction of sp³-hybridized carbons (Fsp3) is 0.556. The van der Waals surface area contributed by atoms with Gasteiger partial charge in [0.05, 0.1) is 18.9 Å². The lowest BCUT2D eigenvalue weighted by Crippen LogP contribution is -2.37. The van der Waals surface area contributed by atoms with Crippen molar-refractivity contribution < 1.29 is 9.84 Å². The molecule has 1 heterocycles. The Kier molecular flexibility index (Phi) is 8.11. The largest absolute Gasteiger partial charge is 0.395 e. The van der Waals surface area contributed by atoms with Crippen LogP contribution in [0.5, 0.6) is 0 Å². The molecule has 6 nitrogen and oxygen atoms in total. The molecule has 1 aromatic carbocycles. The van der Waals surface area contributed by atoms with Crippen LogP contribution in [-0.4, -0.2) is 55.4 Å². The van der Waals surface area contributed by atoms with Crippen LogP contribution in [0.4, 0.5) is 5.69 Å². The fourth-order valence-corrected chi connectivity index (χ4v) is 2.94. The summed E-state index contributed by atoms with van der Waals surface area (Å²) < 4.78 is 5.54. The quantitative estimate of drug-likeness (QED) is 0.371. The molecule has 0 spiro atoms. The Hall–Kier alpha value is -1.70. The fourth-order valence-electron chi connectivity index (χ4n) is 2.80. The standard InChI is InChI=1S/C18H28N4O2S/c1-3-22(8-9-23)16-7-6-15(14(2)11-16)12-20-21-18(25)19-13-17-5-4-10-24-17/h6-7,11-12,17,23H,3-5,8-10,13H2,1-2H3,(H2,19,21,25)/b20-12-/t17-/m1/s1. The van der Waals surface area contributed by atoms with E-state index in [1.54, 1.807) is 6.21 Å². The van der Waals surface area contributed by atoms with Crippen molar-refractivity contribution in [2.75, 3.05) is 37.7 Å². The summed E-state index contributed by atoms with van der Waals surface area (Å²) in [5.41, 5.74) is 6.10. The van der Waals surface area contributed by atoms with Gasteiger partial charge >= 0.3 is 0 Å². The highest BCUT2D eigenvalue weighted by molar-refractivity contribution is 7.80. The number of aliphatic hydroxyl groups is 1. The van der Waals surface area contributed by atoms with Gasteiger partial charge in [0.15, 0.2) is 5.11 Å². The zero-order valence-electron chi connectivity index (χ0n) is 15.0. The number of hydrazone groups is 1. The molecule has 0 amide bonds. The second-order valence-electron chi connectivity index (χ2n) is 6.06. The van der Waals surface area contributed by atoms with Gasteiger partial charge in [-0.2, -0.15) is 5.10 Å². The summed E-state index contributed by atoms with van der Waals surface area (Å²) in [6, 6.07) is 6.18. The molecule has 0 radical (unpaired) electrons. The number of anilines is 1. The van der Waals surface area contributed by atoms with Gasteiger partial charge in [0.25, 0.3) is 0 Å². The highest BCUT2D eigenvalue weighted by atomic mass is 32.1. The molecule has 138 valence electrons. The van der Waals surface area contributed by atoms with E-state index in [2.05, 4.69) is 33.7 Å². The predicted molar refractivity (Wildman–Crippen MR) is 106 cm³/mol. The molecule has 1 fully saturated rings. The van der Waals surface area contributed by atoms with Gasteiger partial charge in [-0.25, -0.2) is 0 Å². The molecule has 25 heavy (non-hydrogen) atoms. The monoisotopic (exact) mass is 364 g/mol. The first-order valence-corrected chi connectivity index (χ1v) is 9.19. The third-order valence-corrected chi connectivity index (χ3v) is 4.49. The molecule has 2 rings (SSSR count). The number of rotatable bonds is 8. The smallest absolute Gasteiger partial charge is 0.187 e. The van der Waals surface area contributed by atoms with E-state index >= 15 is 0 Å². The molecule has 1 aliphatic rings. The Bertz CT molecular complexity index is 588. The molecule has 7 heteroatoms. The van der Waals surface area contributed by atoms with Crippen molar-refractivity contribution in [3.8, 4) is 0 Å². The van der Waals surface area contributed by atoms with E-state index in [1.165, 1.54) is 0 Å². The normalized spacial score (nSPS) is 17.0. The van der Waals surface area contributed by atoms with Gasteiger partial charge < -0.3 is 20.1 Å². The molecule has 0 bridgehead atoms. The van der Waals surface area contributed by atoms with E-state index in [0.29, 0.717) is 18.2 Å². The van der Waals surface area contributed by atoms with E-state index in [-0.39, 0.29) is 12.7 Å². The Balaban J connectivity index is 1.84. The maximum Gasteiger partial charge on any atom is 0.187 e. The molecule has 0 aromatic heterocycles. The minimum atomic E-state index is 0.149. The number of likely N-dealkylation sites (N-methyl/N-ethyl adjacent to an activating group) is 1.